The minimum atomic E-state index is -0.179. The first-order valence-corrected chi connectivity index (χ1v) is 10.2. The number of nitrogens with one attached hydrogen (secondary N) is 3. The van der Waals surface area contributed by atoms with E-state index in [2.05, 4.69) is 65.5 Å². The van der Waals surface area contributed by atoms with E-state index in [1.807, 2.05) is 18.2 Å². The Morgan fingerprint density at radius 1 is 1.10 bits per heavy atom. The Labute approximate surface area is 175 Å². The van der Waals surface area contributed by atoms with Crippen LogP contribution >= 0.6 is 0 Å². The summed E-state index contributed by atoms with van der Waals surface area (Å²) in [6.07, 6.45) is 6.63. The van der Waals surface area contributed by atoms with Crippen molar-refractivity contribution >= 4 is 11.5 Å². The van der Waals surface area contributed by atoms with Crippen LogP contribution in [-0.2, 0) is 10.2 Å². The molecule has 6 heteroatoms. The molecule has 1 amide bonds. The summed E-state index contributed by atoms with van der Waals surface area (Å²) < 4.78 is 0. The molecule has 6 nitrogen and oxygen atoms in total. The topological polar surface area (TPSA) is 90.6 Å². The summed E-state index contributed by atoms with van der Waals surface area (Å²) in [4.78, 5) is 27.5. The molecule has 3 N–H and O–H groups in total. The highest BCUT2D eigenvalue weighted by Crippen LogP contribution is 2.28. The van der Waals surface area contributed by atoms with Crippen LogP contribution in [0.25, 0.3) is 16.7 Å². The average Bonchev–Trinajstić information content (AvgIpc) is 3.37. The molecule has 1 fully saturated rings. The molecule has 3 aromatic rings. The van der Waals surface area contributed by atoms with E-state index in [1.165, 1.54) is 5.56 Å². The molecule has 0 bridgehead atoms. The lowest BCUT2D eigenvalue weighted by atomic mass is 9.86. The highest BCUT2D eigenvalue weighted by atomic mass is 16.2. The van der Waals surface area contributed by atoms with Gasteiger partial charge in [0, 0.05) is 35.5 Å². The third-order valence-electron chi connectivity index (χ3n) is 5.47. The van der Waals surface area contributed by atoms with E-state index in [1.54, 1.807) is 12.4 Å². The van der Waals surface area contributed by atoms with Gasteiger partial charge in [0.05, 0.1) is 11.8 Å². The lowest BCUT2D eigenvalue weighted by Gasteiger charge is -2.20. The Hall–Kier alpha value is -3.41. The summed E-state index contributed by atoms with van der Waals surface area (Å²) in [5, 5.41) is 9.64. The molecule has 2 aromatic heterocycles. The number of hydrogen-bond acceptors (Lipinski definition) is 3. The number of hydrogen-bond donors (Lipinski definition) is 3. The van der Waals surface area contributed by atoms with E-state index in [9.17, 15) is 9.59 Å². The molecular formula is C24H26N4O2. The van der Waals surface area contributed by atoms with Crippen molar-refractivity contribution in [2.75, 3.05) is 0 Å². The Balaban J connectivity index is 1.76. The van der Waals surface area contributed by atoms with Crippen molar-refractivity contribution < 1.29 is 4.79 Å². The summed E-state index contributed by atoms with van der Waals surface area (Å²) in [7, 11) is 0. The van der Waals surface area contributed by atoms with E-state index in [4.69, 9.17) is 0 Å². The molecule has 1 aliphatic heterocycles. The van der Waals surface area contributed by atoms with Gasteiger partial charge in [0.25, 0.3) is 5.56 Å². The van der Waals surface area contributed by atoms with E-state index in [-0.39, 0.29) is 22.9 Å². The number of carbonyl (C=O) groups is 1. The predicted octanol–water partition coefficient (Wildman–Crippen LogP) is 3.77. The fraction of sp³-hybridized carbons (Fsp3) is 0.292. The third-order valence-corrected chi connectivity index (χ3v) is 5.47. The van der Waals surface area contributed by atoms with Gasteiger partial charge in [0.15, 0.2) is 0 Å². The fourth-order valence-corrected chi connectivity index (χ4v) is 3.71. The van der Waals surface area contributed by atoms with Crippen LogP contribution in [0.4, 0.5) is 0 Å². The smallest absolute Gasteiger partial charge is 0.256 e. The zero-order valence-electron chi connectivity index (χ0n) is 17.5. The van der Waals surface area contributed by atoms with Crippen LogP contribution < -0.4 is 10.9 Å². The van der Waals surface area contributed by atoms with Crippen LogP contribution in [0.1, 0.15) is 50.4 Å². The highest BCUT2D eigenvalue weighted by molar-refractivity contribution is 5.82. The second-order valence-electron chi connectivity index (χ2n) is 8.72. The van der Waals surface area contributed by atoms with E-state index in [0.29, 0.717) is 12.0 Å². The van der Waals surface area contributed by atoms with Crippen LogP contribution in [-0.4, -0.2) is 27.1 Å². The molecule has 1 aromatic carbocycles. The second kappa shape index (κ2) is 7.78. The third kappa shape index (κ3) is 4.13. The van der Waals surface area contributed by atoms with Crippen molar-refractivity contribution in [1.82, 2.24) is 20.5 Å². The minimum Gasteiger partial charge on any atom is -0.350 e. The SMILES string of the molecule is CC(C)(C)c1ccc(/C(=C/[C@H]2CCC(=O)N2)c2ccc(-c3cn[nH]c3)c(=O)[nH]2)cc1. The fourth-order valence-electron chi connectivity index (χ4n) is 3.71. The quantitative estimate of drug-likeness (QED) is 0.620. The van der Waals surface area contributed by atoms with Crippen LogP contribution in [0.15, 0.2) is 59.7 Å². The molecule has 0 spiro atoms. The first kappa shape index (κ1) is 19.9. The molecule has 1 aliphatic rings. The number of amides is 1. The number of pyridine rings is 1. The maximum absolute atomic E-state index is 12.8. The van der Waals surface area contributed by atoms with Crippen molar-refractivity contribution in [2.45, 2.75) is 45.1 Å². The van der Waals surface area contributed by atoms with Crippen LogP contribution in [0.2, 0.25) is 0 Å². The first-order chi connectivity index (χ1) is 14.3. The zero-order chi connectivity index (χ0) is 21.3. The van der Waals surface area contributed by atoms with Gasteiger partial charge >= 0.3 is 0 Å². The molecule has 0 unspecified atom stereocenters. The highest BCUT2D eigenvalue weighted by Gasteiger charge is 2.21. The molecule has 0 aliphatic carbocycles. The number of H-pyrrole nitrogens is 2. The van der Waals surface area contributed by atoms with Crippen molar-refractivity contribution in [3.8, 4) is 11.1 Å². The lowest BCUT2D eigenvalue weighted by Crippen LogP contribution is -2.23. The number of aromatic nitrogens is 3. The largest absolute Gasteiger partial charge is 0.350 e. The van der Waals surface area contributed by atoms with E-state index in [0.717, 1.165) is 28.8 Å². The maximum Gasteiger partial charge on any atom is 0.256 e. The van der Waals surface area contributed by atoms with Gasteiger partial charge in [-0.3, -0.25) is 14.7 Å². The zero-order valence-corrected chi connectivity index (χ0v) is 17.5. The van der Waals surface area contributed by atoms with Crippen LogP contribution in [0, 0.1) is 0 Å². The van der Waals surface area contributed by atoms with Gasteiger partial charge in [0.2, 0.25) is 5.91 Å². The minimum absolute atomic E-state index is 0.0492. The normalized spacial score (nSPS) is 17.2. The van der Waals surface area contributed by atoms with Gasteiger partial charge in [0.1, 0.15) is 0 Å². The predicted molar refractivity (Wildman–Crippen MR) is 118 cm³/mol. The molecule has 3 heterocycles. The molecule has 30 heavy (non-hydrogen) atoms. The van der Waals surface area contributed by atoms with E-state index >= 15 is 0 Å². The van der Waals surface area contributed by atoms with Crippen LogP contribution in [0.5, 0.6) is 0 Å². The average molecular weight is 402 g/mol. The Kier molecular flexibility index (Phi) is 5.16. The summed E-state index contributed by atoms with van der Waals surface area (Å²) in [5.41, 5.74) is 5.04. The molecule has 4 rings (SSSR count). The maximum atomic E-state index is 12.8. The lowest BCUT2D eigenvalue weighted by molar-refractivity contribution is -0.119. The number of rotatable bonds is 4. The van der Waals surface area contributed by atoms with Gasteiger partial charge < -0.3 is 10.3 Å². The Bertz CT molecular complexity index is 1130. The number of benzene rings is 1. The summed E-state index contributed by atoms with van der Waals surface area (Å²) >= 11 is 0. The van der Waals surface area contributed by atoms with Crippen molar-refractivity contribution in [3.05, 3.63) is 82.0 Å². The van der Waals surface area contributed by atoms with Gasteiger partial charge in [-0.1, -0.05) is 51.1 Å². The summed E-state index contributed by atoms with van der Waals surface area (Å²) in [6.45, 7) is 6.54. The molecule has 154 valence electrons. The van der Waals surface area contributed by atoms with Gasteiger partial charge in [-0.05, 0) is 35.1 Å². The van der Waals surface area contributed by atoms with E-state index < -0.39 is 0 Å². The number of nitrogens with zero attached hydrogens (tertiary/aromatic N) is 1. The summed E-state index contributed by atoms with van der Waals surface area (Å²) in [6, 6.07) is 12.1. The molecule has 1 saturated heterocycles. The van der Waals surface area contributed by atoms with Crippen molar-refractivity contribution in [2.24, 2.45) is 0 Å². The van der Waals surface area contributed by atoms with Gasteiger partial charge in [-0.15, -0.1) is 0 Å². The Morgan fingerprint density at radius 2 is 1.87 bits per heavy atom. The number of carbonyl (C=O) groups excluding carboxylic acids is 1. The van der Waals surface area contributed by atoms with Crippen molar-refractivity contribution in [1.29, 1.82) is 0 Å². The first-order valence-electron chi connectivity index (χ1n) is 10.2. The summed E-state index contributed by atoms with van der Waals surface area (Å²) in [5.74, 6) is 0.0579. The molecular weight excluding hydrogens is 376 g/mol. The monoisotopic (exact) mass is 402 g/mol. The molecule has 0 radical (unpaired) electrons. The van der Waals surface area contributed by atoms with Gasteiger partial charge in [-0.25, -0.2) is 0 Å². The Morgan fingerprint density at radius 3 is 2.43 bits per heavy atom. The number of aromatic amines is 2. The molecule has 1 atom stereocenters. The standard InChI is InChI=1S/C24H26N4O2/c1-24(2,3)17-6-4-15(5-7-17)20(12-18-8-11-22(29)27-18)21-10-9-19(23(30)28-21)16-13-25-26-14-16/h4-7,9-10,12-14,18H,8,11H2,1-3H3,(H,25,26)(H,27,29)(H,28,30)/b20-12-/t18-/m1/s1. The van der Waals surface area contributed by atoms with Crippen LogP contribution in [0.3, 0.4) is 0 Å². The second-order valence-corrected chi connectivity index (χ2v) is 8.72. The molecule has 0 saturated carbocycles. The van der Waals surface area contributed by atoms with Crippen molar-refractivity contribution in [3.63, 3.8) is 0 Å². The van der Waals surface area contributed by atoms with Gasteiger partial charge in [-0.2, -0.15) is 5.10 Å².